The molecule has 1 atom stereocenters. The Labute approximate surface area is 108 Å². The molecule has 0 bridgehead atoms. The second-order valence-corrected chi connectivity index (χ2v) is 4.93. The second kappa shape index (κ2) is 5.87. The van der Waals surface area contributed by atoms with E-state index in [-0.39, 0.29) is 18.2 Å². The summed E-state index contributed by atoms with van der Waals surface area (Å²) < 4.78 is 0. The third-order valence-corrected chi connectivity index (χ3v) is 2.87. The first kappa shape index (κ1) is 14.5. The number of aromatic hydroxyl groups is 1. The van der Waals surface area contributed by atoms with Crippen molar-refractivity contribution in [3.8, 4) is 5.75 Å². The van der Waals surface area contributed by atoms with Crippen LogP contribution in [0, 0.1) is 6.92 Å². The van der Waals surface area contributed by atoms with Crippen LogP contribution in [0.4, 0.5) is 0 Å². The molecular weight excluding hydrogens is 230 g/mol. The van der Waals surface area contributed by atoms with Crippen LogP contribution in [0.25, 0.3) is 0 Å². The topological polar surface area (TPSA) is 69.6 Å². The highest BCUT2D eigenvalue weighted by molar-refractivity contribution is 5.95. The highest BCUT2D eigenvalue weighted by Gasteiger charge is 2.20. The van der Waals surface area contributed by atoms with Crippen molar-refractivity contribution in [2.24, 2.45) is 0 Å². The SMILES string of the molecule is CCCC(C)(O)CNC(=O)c1ccc(O)cc1C. The van der Waals surface area contributed by atoms with Gasteiger partial charge in [-0.15, -0.1) is 0 Å². The molecule has 0 saturated heterocycles. The largest absolute Gasteiger partial charge is 0.508 e. The van der Waals surface area contributed by atoms with Crippen molar-refractivity contribution in [1.82, 2.24) is 5.32 Å². The van der Waals surface area contributed by atoms with Crippen LogP contribution in [0.3, 0.4) is 0 Å². The monoisotopic (exact) mass is 251 g/mol. The quantitative estimate of drug-likeness (QED) is 0.749. The van der Waals surface area contributed by atoms with Crippen molar-refractivity contribution in [2.75, 3.05) is 6.54 Å². The van der Waals surface area contributed by atoms with Gasteiger partial charge in [-0.1, -0.05) is 13.3 Å². The summed E-state index contributed by atoms with van der Waals surface area (Å²) in [4.78, 5) is 11.9. The Morgan fingerprint density at radius 2 is 2.11 bits per heavy atom. The minimum atomic E-state index is -0.880. The molecule has 0 aromatic heterocycles. The van der Waals surface area contributed by atoms with E-state index in [9.17, 15) is 15.0 Å². The molecule has 4 nitrogen and oxygen atoms in total. The molecule has 1 aromatic rings. The molecule has 18 heavy (non-hydrogen) atoms. The maximum absolute atomic E-state index is 11.9. The third kappa shape index (κ3) is 4.04. The van der Waals surface area contributed by atoms with Crippen LogP contribution in [0.2, 0.25) is 0 Å². The zero-order valence-electron chi connectivity index (χ0n) is 11.2. The van der Waals surface area contributed by atoms with Crippen LogP contribution in [0.1, 0.15) is 42.6 Å². The lowest BCUT2D eigenvalue weighted by atomic mass is 10.0. The fourth-order valence-electron chi connectivity index (χ4n) is 1.90. The van der Waals surface area contributed by atoms with E-state index in [0.717, 1.165) is 6.42 Å². The van der Waals surface area contributed by atoms with E-state index in [0.29, 0.717) is 17.5 Å². The zero-order valence-corrected chi connectivity index (χ0v) is 11.2. The lowest BCUT2D eigenvalue weighted by Crippen LogP contribution is -2.40. The summed E-state index contributed by atoms with van der Waals surface area (Å²) in [6.07, 6.45) is 1.50. The molecule has 0 aliphatic rings. The Balaban J connectivity index is 2.66. The van der Waals surface area contributed by atoms with Crippen molar-refractivity contribution >= 4 is 5.91 Å². The minimum absolute atomic E-state index is 0.141. The molecule has 0 aliphatic heterocycles. The van der Waals surface area contributed by atoms with Gasteiger partial charge in [0.05, 0.1) is 5.60 Å². The summed E-state index contributed by atoms with van der Waals surface area (Å²) in [6, 6.07) is 4.60. The standard InChI is InChI=1S/C14H21NO3/c1-4-7-14(3,18)9-15-13(17)12-6-5-11(16)8-10(12)2/h5-6,8,16,18H,4,7,9H2,1-3H3,(H,15,17). The van der Waals surface area contributed by atoms with Crippen LogP contribution in [-0.2, 0) is 0 Å². The lowest BCUT2D eigenvalue weighted by Gasteiger charge is -2.23. The van der Waals surface area contributed by atoms with E-state index in [2.05, 4.69) is 5.32 Å². The van der Waals surface area contributed by atoms with Gasteiger partial charge >= 0.3 is 0 Å². The first-order valence-corrected chi connectivity index (χ1v) is 6.16. The normalized spacial score (nSPS) is 14.0. The molecule has 0 fully saturated rings. The number of carbonyl (C=O) groups is 1. The number of amides is 1. The molecule has 1 unspecified atom stereocenters. The number of hydrogen-bond donors (Lipinski definition) is 3. The van der Waals surface area contributed by atoms with E-state index in [1.165, 1.54) is 6.07 Å². The molecule has 0 aliphatic carbocycles. The van der Waals surface area contributed by atoms with E-state index in [4.69, 9.17) is 0 Å². The van der Waals surface area contributed by atoms with Crippen LogP contribution in [-0.4, -0.2) is 28.3 Å². The summed E-state index contributed by atoms with van der Waals surface area (Å²) in [5.41, 5.74) is 0.345. The number of nitrogens with one attached hydrogen (secondary N) is 1. The fraction of sp³-hybridized carbons (Fsp3) is 0.500. The predicted molar refractivity (Wildman–Crippen MR) is 70.7 cm³/mol. The van der Waals surface area contributed by atoms with Gasteiger partial charge < -0.3 is 15.5 Å². The van der Waals surface area contributed by atoms with Crippen LogP contribution >= 0.6 is 0 Å². The summed E-state index contributed by atoms with van der Waals surface area (Å²) in [5.74, 6) is -0.0918. The predicted octanol–water partition coefficient (Wildman–Crippen LogP) is 1.98. The summed E-state index contributed by atoms with van der Waals surface area (Å²) in [7, 11) is 0. The van der Waals surface area contributed by atoms with Gasteiger partial charge in [-0.2, -0.15) is 0 Å². The van der Waals surface area contributed by atoms with Crippen LogP contribution in [0.15, 0.2) is 18.2 Å². The van der Waals surface area contributed by atoms with Crippen LogP contribution in [0.5, 0.6) is 5.75 Å². The molecule has 1 aromatic carbocycles. The third-order valence-electron chi connectivity index (χ3n) is 2.87. The summed E-state index contributed by atoms with van der Waals surface area (Å²) in [5, 5.41) is 22.0. The van der Waals surface area contributed by atoms with Gasteiger partial charge in [0.25, 0.3) is 5.91 Å². The summed E-state index contributed by atoms with van der Waals surface area (Å²) in [6.45, 7) is 5.68. The lowest BCUT2D eigenvalue weighted by molar-refractivity contribution is 0.0469. The molecular formula is C14H21NO3. The van der Waals surface area contributed by atoms with E-state index in [1.54, 1.807) is 26.0 Å². The molecule has 100 valence electrons. The van der Waals surface area contributed by atoms with Crippen LogP contribution < -0.4 is 5.32 Å². The Morgan fingerprint density at radius 3 is 2.67 bits per heavy atom. The molecule has 4 heteroatoms. The average Bonchev–Trinajstić information content (AvgIpc) is 2.26. The number of aliphatic hydroxyl groups is 1. The maximum Gasteiger partial charge on any atom is 0.251 e. The van der Waals surface area contributed by atoms with Crippen molar-refractivity contribution in [3.05, 3.63) is 29.3 Å². The zero-order chi connectivity index (χ0) is 13.8. The Morgan fingerprint density at radius 1 is 1.44 bits per heavy atom. The van der Waals surface area contributed by atoms with Gasteiger partial charge in [0, 0.05) is 12.1 Å². The van der Waals surface area contributed by atoms with Gasteiger partial charge in [-0.3, -0.25) is 4.79 Å². The molecule has 0 radical (unpaired) electrons. The number of rotatable bonds is 5. The highest BCUT2D eigenvalue weighted by atomic mass is 16.3. The first-order chi connectivity index (χ1) is 8.35. The number of aryl methyl sites for hydroxylation is 1. The van der Waals surface area contributed by atoms with Crippen molar-refractivity contribution in [1.29, 1.82) is 0 Å². The van der Waals surface area contributed by atoms with E-state index in [1.807, 2.05) is 6.92 Å². The highest BCUT2D eigenvalue weighted by Crippen LogP contribution is 2.16. The van der Waals surface area contributed by atoms with Gasteiger partial charge in [-0.05, 0) is 44.0 Å². The molecule has 1 rings (SSSR count). The number of benzene rings is 1. The minimum Gasteiger partial charge on any atom is -0.508 e. The Bertz CT molecular complexity index is 427. The number of hydrogen-bond acceptors (Lipinski definition) is 3. The van der Waals surface area contributed by atoms with Gasteiger partial charge in [-0.25, -0.2) is 0 Å². The smallest absolute Gasteiger partial charge is 0.251 e. The molecule has 1 amide bonds. The second-order valence-electron chi connectivity index (χ2n) is 4.93. The fourth-order valence-corrected chi connectivity index (χ4v) is 1.90. The van der Waals surface area contributed by atoms with E-state index >= 15 is 0 Å². The molecule has 0 saturated carbocycles. The van der Waals surface area contributed by atoms with Gasteiger partial charge in [0.15, 0.2) is 0 Å². The number of phenols is 1. The van der Waals surface area contributed by atoms with E-state index < -0.39 is 5.60 Å². The number of phenolic OH excluding ortho intramolecular Hbond substituents is 1. The first-order valence-electron chi connectivity index (χ1n) is 6.16. The molecule has 0 spiro atoms. The van der Waals surface area contributed by atoms with Crippen molar-refractivity contribution in [3.63, 3.8) is 0 Å². The Kier molecular flexibility index (Phi) is 4.73. The van der Waals surface area contributed by atoms with Crippen molar-refractivity contribution in [2.45, 2.75) is 39.2 Å². The summed E-state index contributed by atoms with van der Waals surface area (Å²) >= 11 is 0. The Hall–Kier alpha value is -1.55. The van der Waals surface area contributed by atoms with Crippen molar-refractivity contribution < 1.29 is 15.0 Å². The average molecular weight is 251 g/mol. The maximum atomic E-state index is 11.9. The number of carbonyl (C=O) groups excluding carboxylic acids is 1. The van der Waals surface area contributed by atoms with Gasteiger partial charge in [0.2, 0.25) is 0 Å². The van der Waals surface area contributed by atoms with Gasteiger partial charge in [0.1, 0.15) is 5.75 Å². The molecule has 0 heterocycles. The molecule has 3 N–H and O–H groups in total.